The summed E-state index contributed by atoms with van der Waals surface area (Å²) in [6.07, 6.45) is 4.96. The van der Waals surface area contributed by atoms with Crippen LogP contribution in [0.15, 0.2) is 54.9 Å². The van der Waals surface area contributed by atoms with Crippen LogP contribution in [0.2, 0.25) is 0 Å². The zero-order chi connectivity index (χ0) is 18.1. The van der Waals surface area contributed by atoms with E-state index in [9.17, 15) is 0 Å². The normalized spacial score (nSPS) is 21.0. The fourth-order valence-electron chi connectivity index (χ4n) is 3.95. The molecule has 2 aliphatic rings. The maximum Gasteiger partial charge on any atom is 0.100 e. The second-order valence-corrected chi connectivity index (χ2v) is 7.62. The average Bonchev–Trinajstić information content (AvgIpc) is 3.48. The number of benzene rings is 2. The lowest BCUT2D eigenvalue weighted by Crippen LogP contribution is -2.47. The van der Waals surface area contributed by atoms with Crippen LogP contribution >= 0.6 is 0 Å². The minimum absolute atomic E-state index is 0.316. The Morgan fingerprint density at radius 2 is 1.93 bits per heavy atom. The molecule has 5 heteroatoms. The summed E-state index contributed by atoms with van der Waals surface area (Å²) in [4.78, 5) is 7.07. The highest BCUT2D eigenvalue weighted by Gasteiger charge is 2.32. The van der Waals surface area contributed by atoms with E-state index in [2.05, 4.69) is 56.2 Å². The molecular weight excluding hydrogens is 336 g/mol. The molecule has 5 rings (SSSR count). The van der Waals surface area contributed by atoms with Crippen LogP contribution in [0.25, 0.3) is 16.7 Å². The molecule has 1 saturated heterocycles. The van der Waals surface area contributed by atoms with Gasteiger partial charge in [0.15, 0.2) is 0 Å². The van der Waals surface area contributed by atoms with Gasteiger partial charge in [-0.1, -0.05) is 24.3 Å². The third-order valence-electron chi connectivity index (χ3n) is 5.60. The first kappa shape index (κ1) is 16.9. The minimum atomic E-state index is 0.316. The van der Waals surface area contributed by atoms with Crippen LogP contribution in [0, 0.1) is 0 Å². The van der Waals surface area contributed by atoms with E-state index in [0.29, 0.717) is 6.10 Å². The van der Waals surface area contributed by atoms with Crippen LogP contribution in [0.3, 0.4) is 0 Å². The van der Waals surface area contributed by atoms with Crippen LogP contribution in [-0.2, 0) is 11.3 Å². The van der Waals surface area contributed by atoms with Gasteiger partial charge >= 0.3 is 0 Å². The Labute approximate surface area is 160 Å². The van der Waals surface area contributed by atoms with Gasteiger partial charge in [0, 0.05) is 37.9 Å². The molecule has 0 radical (unpaired) electrons. The van der Waals surface area contributed by atoms with E-state index in [-0.39, 0.29) is 0 Å². The Balaban J connectivity index is 1.17. The fourth-order valence-corrected chi connectivity index (χ4v) is 3.95. The van der Waals surface area contributed by atoms with Crippen LogP contribution in [-0.4, -0.2) is 52.8 Å². The number of para-hydroxylation sites is 2. The van der Waals surface area contributed by atoms with Crippen LogP contribution in [0.4, 0.5) is 0 Å². The van der Waals surface area contributed by atoms with Crippen molar-refractivity contribution in [1.29, 1.82) is 0 Å². The molecule has 2 aromatic carbocycles. The quantitative estimate of drug-likeness (QED) is 0.732. The van der Waals surface area contributed by atoms with Crippen molar-refractivity contribution in [2.45, 2.75) is 31.5 Å². The molecule has 1 N–H and O–H groups in total. The molecule has 1 aliphatic heterocycles. The van der Waals surface area contributed by atoms with Crippen molar-refractivity contribution in [3.05, 3.63) is 60.4 Å². The molecule has 1 unspecified atom stereocenters. The molecule has 2 heterocycles. The van der Waals surface area contributed by atoms with E-state index in [1.165, 1.54) is 18.4 Å². The number of aromatic nitrogens is 2. The molecule has 0 spiro atoms. The van der Waals surface area contributed by atoms with Crippen LogP contribution in [0.5, 0.6) is 0 Å². The molecule has 27 heavy (non-hydrogen) atoms. The first-order valence-electron chi connectivity index (χ1n) is 9.94. The third kappa shape index (κ3) is 3.76. The summed E-state index contributed by atoms with van der Waals surface area (Å²) in [7, 11) is 0. The number of nitrogens with one attached hydrogen (secondary N) is 1. The molecular formula is C22H26N4O. The molecule has 1 aliphatic carbocycles. The van der Waals surface area contributed by atoms with E-state index in [0.717, 1.165) is 55.5 Å². The lowest BCUT2D eigenvalue weighted by atomic mass is 10.2. The molecule has 1 atom stereocenters. The summed E-state index contributed by atoms with van der Waals surface area (Å²) in [5.41, 5.74) is 4.59. The van der Waals surface area contributed by atoms with Gasteiger partial charge in [-0.15, -0.1) is 0 Å². The number of hydrogen-bond donors (Lipinski definition) is 1. The molecule has 0 bridgehead atoms. The molecule has 140 valence electrons. The number of ether oxygens (including phenoxy) is 1. The zero-order valence-electron chi connectivity index (χ0n) is 15.6. The Hall–Kier alpha value is -2.21. The van der Waals surface area contributed by atoms with Crippen molar-refractivity contribution in [1.82, 2.24) is 19.8 Å². The van der Waals surface area contributed by atoms with Crippen LogP contribution in [0.1, 0.15) is 18.4 Å². The fraction of sp³-hybridized carbons (Fsp3) is 0.409. The van der Waals surface area contributed by atoms with Gasteiger partial charge < -0.3 is 10.1 Å². The predicted octanol–water partition coefficient (Wildman–Crippen LogP) is 2.98. The number of fused-ring (bicyclic) bond motifs is 1. The van der Waals surface area contributed by atoms with Gasteiger partial charge in [-0.25, -0.2) is 4.98 Å². The predicted molar refractivity (Wildman–Crippen MR) is 107 cm³/mol. The van der Waals surface area contributed by atoms with Crippen molar-refractivity contribution in [2.75, 3.05) is 26.2 Å². The number of hydrogen-bond acceptors (Lipinski definition) is 4. The largest absolute Gasteiger partial charge is 0.374 e. The highest BCUT2D eigenvalue weighted by atomic mass is 16.5. The van der Waals surface area contributed by atoms with E-state index >= 15 is 0 Å². The van der Waals surface area contributed by atoms with Gasteiger partial charge in [-0.3, -0.25) is 9.47 Å². The molecule has 2 fully saturated rings. The van der Waals surface area contributed by atoms with Crippen molar-refractivity contribution in [3.63, 3.8) is 0 Å². The molecule has 0 amide bonds. The molecule has 1 aromatic heterocycles. The number of nitrogens with zero attached hydrogens (tertiary/aromatic N) is 3. The molecule has 5 nitrogen and oxygen atoms in total. The summed E-state index contributed by atoms with van der Waals surface area (Å²) >= 11 is 0. The number of morpholine rings is 1. The Morgan fingerprint density at radius 3 is 2.78 bits per heavy atom. The highest BCUT2D eigenvalue weighted by Crippen LogP contribution is 2.28. The Kier molecular flexibility index (Phi) is 4.66. The third-order valence-corrected chi connectivity index (χ3v) is 5.60. The van der Waals surface area contributed by atoms with Crippen molar-refractivity contribution in [2.24, 2.45) is 0 Å². The summed E-state index contributed by atoms with van der Waals surface area (Å²) in [6.45, 7) is 4.83. The Bertz CT molecular complexity index is 900. The average molecular weight is 362 g/mol. The maximum atomic E-state index is 5.92. The van der Waals surface area contributed by atoms with Gasteiger partial charge in [-0.05, 0) is 42.7 Å². The zero-order valence-corrected chi connectivity index (χ0v) is 15.6. The van der Waals surface area contributed by atoms with Gasteiger partial charge in [0.25, 0.3) is 0 Å². The van der Waals surface area contributed by atoms with Crippen LogP contribution < -0.4 is 5.32 Å². The topological polar surface area (TPSA) is 42.3 Å². The van der Waals surface area contributed by atoms with Gasteiger partial charge in [-0.2, -0.15) is 0 Å². The van der Waals surface area contributed by atoms with Crippen molar-refractivity contribution in [3.8, 4) is 5.69 Å². The second-order valence-electron chi connectivity index (χ2n) is 7.62. The summed E-state index contributed by atoms with van der Waals surface area (Å²) in [6, 6.07) is 17.8. The van der Waals surface area contributed by atoms with E-state index in [1.807, 2.05) is 18.5 Å². The minimum Gasteiger partial charge on any atom is -0.374 e. The van der Waals surface area contributed by atoms with E-state index in [4.69, 9.17) is 4.74 Å². The Morgan fingerprint density at radius 1 is 1.07 bits per heavy atom. The van der Waals surface area contributed by atoms with E-state index in [1.54, 1.807) is 0 Å². The van der Waals surface area contributed by atoms with Crippen molar-refractivity contribution < 1.29 is 4.74 Å². The lowest BCUT2D eigenvalue weighted by Gasteiger charge is -2.33. The first-order valence-corrected chi connectivity index (χ1v) is 9.94. The first-order chi connectivity index (χ1) is 13.4. The monoisotopic (exact) mass is 362 g/mol. The summed E-state index contributed by atoms with van der Waals surface area (Å²) in [5, 5.41) is 3.56. The summed E-state index contributed by atoms with van der Waals surface area (Å²) < 4.78 is 8.05. The standard InChI is InChI=1S/C22H26N4O/c1-2-4-22-21(3-1)24-16-26(22)19-7-5-17(6-8-19)13-23-14-20-15-25(11-12-27-20)18-9-10-18/h1-8,16,18,20,23H,9-15H2. The number of rotatable bonds is 6. The maximum absolute atomic E-state index is 5.92. The highest BCUT2D eigenvalue weighted by molar-refractivity contribution is 5.77. The smallest absolute Gasteiger partial charge is 0.100 e. The van der Waals surface area contributed by atoms with Gasteiger partial charge in [0.2, 0.25) is 0 Å². The van der Waals surface area contributed by atoms with Crippen molar-refractivity contribution >= 4 is 11.0 Å². The number of imidazole rings is 1. The molecule has 1 saturated carbocycles. The van der Waals surface area contributed by atoms with Gasteiger partial charge in [0.1, 0.15) is 6.33 Å². The van der Waals surface area contributed by atoms with E-state index < -0.39 is 0 Å². The lowest BCUT2D eigenvalue weighted by molar-refractivity contribution is -0.0301. The summed E-state index contributed by atoms with van der Waals surface area (Å²) in [5.74, 6) is 0. The SMILES string of the molecule is c1ccc2c(c1)ncn2-c1ccc(CNCC2CN(C3CC3)CCO2)cc1. The van der Waals surface area contributed by atoms with Gasteiger partial charge in [0.05, 0.1) is 23.7 Å². The second kappa shape index (κ2) is 7.43. The molecule has 3 aromatic rings.